The summed E-state index contributed by atoms with van der Waals surface area (Å²) in [5, 5.41) is 1.33. The third-order valence-electron chi connectivity index (χ3n) is 2.91. The Morgan fingerprint density at radius 1 is 1.19 bits per heavy atom. The van der Waals surface area contributed by atoms with Crippen molar-refractivity contribution in [2.24, 2.45) is 0 Å². The molecule has 1 aromatic carbocycles. The number of hydrogen-bond donors (Lipinski definition) is 0. The molecule has 0 N–H and O–H groups in total. The lowest BCUT2D eigenvalue weighted by Crippen LogP contribution is -2.10. The SMILES string of the molecule is CC(C)c1nsc2cc(C(C)(C)C)ccc12. The summed E-state index contributed by atoms with van der Waals surface area (Å²) in [6, 6.07) is 6.76. The first-order chi connectivity index (χ1) is 7.39. The minimum absolute atomic E-state index is 0.218. The number of fused-ring (bicyclic) bond motifs is 1. The van der Waals surface area contributed by atoms with Gasteiger partial charge in [-0.1, -0.05) is 46.8 Å². The van der Waals surface area contributed by atoms with Gasteiger partial charge in [-0.25, -0.2) is 0 Å². The van der Waals surface area contributed by atoms with Crippen LogP contribution in [0.25, 0.3) is 10.1 Å². The van der Waals surface area contributed by atoms with E-state index in [1.165, 1.54) is 21.3 Å². The minimum atomic E-state index is 0.218. The summed E-state index contributed by atoms with van der Waals surface area (Å²) in [4.78, 5) is 0. The Balaban J connectivity index is 2.58. The summed E-state index contributed by atoms with van der Waals surface area (Å²) in [7, 11) is 0. The molecule has 0 saturated carbocycles. The molecule has 16 heavy (non-hydrogen) atoms. The van der Waals surface area contributed by atoms with Crippen molar-refractivity contribution < 1.29 is 0 Å². The van der Waals surface area contributed by atoms with Crippen molar-refractivity contribution in [3.8, 4) is 0 Å². The molecule has 1 heterocycles. The van der Waals surface area contributed by atoms with Crippen LogP contribution in [-0.2, 0) is 5.41 Å². The molecule has 0 radical (unpaired) electrons. The fourth-order valence-electron chi connectivity index (χ4n) is 1.84. The van der Waals surface area contributed by atoms with Crippen LogP contribution in [-0.4, -0.2) is 4.37 Å². The van der Waals surface area contributed by atoms with Gasteiger partial charge in [0.2, 0.25) is 0 Å². The number of benzene rings is 1. The van der Waals surface area contributed by atoms with Crippen molar-refractivity contribution in [1.82, 2.24) is 4.37 Å². The molecule has 0 aliphatic rings. The highest BCUT2D eigenvalue weighted by Gasteiger charge is 2.16. The molecule has 0 amide bonds. The van der Waals surface area contributed by atoms with Gasteiger partial charge in [0.15, 0.2) is 0 Å². The summed E-state index contributed by atoms with van der Waals surface area (Å²) in [5.74, 6) is 0.509. The van der Waals surface area contributed by atoms with E-state index >= 15 is 0 Å². The highest BCUT2D eigenvalue weighted by molar-refractivity contribution is 7.13. The highest BCUT2D eigenvalue weighted by Crippen LogP contribution is 2.32. The van der Waals surface area contributed by atoms with E-state index in [-0.39, 0.29) is 5.41 Å². The van der Waals surface area contributed by atoms with Gasteiger partial charge >= 0.3 is 0 Å². The molecule has 1 nitrogen and oxygen atoms in total. The molecule has 0 aliphatic heterocycles. The lowest BCUT2D eigenvalue weighted by Gasteiger charge is -2.18. The van der Waals surface area contributed by atoms with Crippen LogP contribution in [0.15, 0.2) is 18.2 Å². The fourth-order valence-corrected chi connectivity index (χ4v) is 2.80. The molecule has 0 aliphatic carbocycles. The van der Waals surface area contributed by atoms with Crippen molar-refractivity contribution in [3.63, 3.8) is 0 Å². The second-order valence-corrected chi connectivity index (χ2v) is 6.49. The van der Waals surface area contributed by atoms with Crippen LogP contribution >= 0.6 is 11.5 Å². The van der Waals surface area contributed by atoms with Crippen LogP contribution in [0.4, 0.5) is 0 Å². The molecule has 0 fully saturated rings. The zero-order valence-corrected chi connectivity index (χ0v) is 11.5. The smallest absolute Gasteiger partial charge is 0.0646 e. The zero-order chi connectivity index (χ0) is 11.9. The van der Waals surface area contributed by atoms with Gasteiger partial charge in [0.1, 0.15) is 0 Å². The van der Waals surface area contributed by atoms with Gasteiger partial charge in [0.25, 0.3) is 0 Å². The molecule has 1 aromatic heterocycles. The maximum Gasteiger partial charge on any atom is 0.0646 e. The fraction of sp³-hybridized carbons (Fsp3) is 0.500. The average Bonchev–Trinajstić information content (AvgIpc) is 2.58. The van der Waals surface area contributed by atoms with Gasteiger partial charge in [-0.05, 0) is 34.5 Å². The highest BCUT2D eigenvalue weighted by atomic mass is 32.1. The van der Waals surface area contributed by atoms with E-state index in [0.717, 1.165) is 0 Å². The summed E-state index contributed by atoms with van der Waals surface area (Å²) >= 11 is 1.62. The molecular weight excluding hydrogens is 214 g/mol. The van der Waals surface area contributed by atoms with Gasteiger partial charge in [0.05, 0.1) is 10.4 Å². The predicted octanol–water partition coefficient (Wildman–Crippen LogP) is 4.72. The average molecular weight is 233 g/mol. The van der Waals surface area contributed by atoms with E-state index in [9.17, 15) is 0 Å². The molecular formula is C14H19NS. The summed E-state index contributed by atoms with van der Waals surface area (Å²) in [6.45, 7) is 11.1. The summed E-state index contributed by atoms with van der Waals surface area (Å²) in [6.07, 6.45) is 0. The van der Waals surface area contributed by atoms with Crippen LogP contribution in [0.1, 0.15) is 51.8 Å². The maximum absolute atomic E-state index is 4.56. The third-order valence-corrected chi connectivity index (χ3v) is 3.74. The first-order valence-corrected chi connectivity index (χ1v) is 6.57. The Morgan fingerprint density at radius 2 is 1.88 bits per heavy atom. The second kappa shape index (κ2) is 3.85. The van der Waals surface area contributed by atoms with Crippen LogP contribution in [0.3, 0.4) is 0 Å². The third kappa shape index (κ3) is 1.99. The molecule has 2 aromatic rings. The van der Waals surface area contributed by atoms with Crippen LogP contribution in [0.5, 0.6) is 0 Å². The van der Waals surface area contributed by atoms with Crippen LogP contribution in [0.2, 0.25) is 0 Å². The first kappa shape index (κ1) is 11.6. The number of aromatic nitrogens is 1. The van der Waals surface area contributed by atoms with E-state index in [1.54, 1.807) is 11.5 Å². The van der Waals surface area contributed by atoms with Gasteiger partial charge in [-0.15, -0.1) is 0 Å². The van der Waals surface area contributed by atoms with E-state index in [4.69, 9.17) is 0 Å². The van der Waals surface area contributed by atoms with Crippen molar-refractivity contribution in [2.75, 3.05) is 0 Å². The topological polar surface area (TPSA) is 12.9 Å². The molecule has 86 valence electrons. The standard InChI is InChI=1S/C14H19NS/c1-9(2)13-11-7-6-10(14(3,4)5)8-12(11)16-15-13/h6-9H,1-5H3. The van der Waals surface area contributed by atoms with Crippen molar-refractivity contribution in [2.45, 2.75) is 46.0 Å². The van der Waals surface area contributed by atoms with Crippen LogP contribution < -0.4 is 0 Å². The van der Waals surface area contributed by atoms with Crippen molar-refractivity contribution in [1.29, 1.82) is 0 Å². The number of hydrogen-bond acceptors (Lipinski definition) is 2. The second-order valence-electron chi connectivity index (χ2n) is 5.68. The Kier molecular flexibility index (Phi) is 2.79. The molecule has 0 spiro atoms. The Hall–Kier alpha value is -0.890. The maximum atomic E-state index is 4.56. The number of nitrogens with zero attached hydrogens (tertiary/aromatic N) is 1. The van der Waals surface area contributed by atoms with Gasteiger partial charge in [0, 0.05) is 5.39 Å². The number of rotatable bonds is 1. The van der Waals surface area contributed by atoms with Crippen LogP contribution in [0, 0.1) is 0 Å². The monoisotopic (exact) mass is 233 g/mol. The zero-order valence-electron chi connectivity index (χ0n) is 10.7. The summed E-state index contributed by atoms with van der Waals surface area (Å²) < 4.78 is 5.88. The van der Waals surface area contributed by atoms with Crippen molar-refractivity contribution in [3.05, 3.63) is 29.5 Å². The first-order valence-electron chi connectivity index (χ1n) is 5.79. The van der Waals surface area contributed by atoms with Crippen molar-refractivity contribution >= 4 is 21.6 Å². The minimum Gasteiger partial charge on any atom is -0.196 e. The molecule has 0 saturated heterocycles. The van der Waals surface area contributed by atoms with Gasteiger partial charge in [-0.2, -0.15) is 4.37 Å². The lowest BCUT2D eigenvalue weighted by atomic mass is 9.86. The van der Waals surface area contributed by atoms with E-state index in [2.05, 4.69) is 57.2 Å². The lowest BCUT2D eigenvalue weighted by molar-refractivity contribution is 0.591. The molecule has 0 atom stereocenters. The predicted molar refractivity (Wildman–Crippen MR) is 72.4 cm³/mol. The Bertz CT molecular complexity index is 503. The van der Waals surface area contributed by atoms with E-state index in [0.29, 0.717) is 5.92 Å². The van der Waals surface area contributed by atoms with E-state index < -0.39 is 0 Å². The van der Waals surface area contributed by atoms with E-state index in [1.807, 2.05) is 0 Å². The van der Waals surface area contributed by atoms with Gasteiger partial charge < -0.3 is 0 Å². The Morgan fingerprint density at radius 3 is 2.44 bits per heavy atom. The normalized spacial score (nSPS) is 12.6. The molecule has 0 unspecified atom stereocenters. The molecule has 2 heteroatoms. The quantitative estimate of drug-likeness (QED) is 0.694. The molecule has 2 rings (SSSR count). The molecule has 0 bridgehead atoms. The Labute approximate surface area is 102 Å². The largest absolute Gasteiger partial charge is 0.196 e. The van der Waals surface area contributed by atoms with Gasteiger partial charge in [-0.3, -0.25) is 0 Å². The summed E-state index contributed by atoms with van der Waals surface area (Å²) in [5.41, 5.74) is 2.84.